The van der Waals surface area contributed by atoms with E-state index in [1.807, 2.05) is 6.92 Å². The third kappa shape index (κ3) is 4.36. The molecule has 25 heavy (non-hydrogen) atoms. The molecule has 2 aromatic carbocycles. The molecule has 134 valence electrons. The number of anilines is 1. The summed E-state index contributed by atoms with van der Waals surface area (Å²) in [5.74, 6) is 0. The standard InChI is InChI=1S/C18H19Cl2NO3S/c1-3-4-13(2)21(18-11-16(20)6-5-14(18)12-22)25(23,24)17-9-7-15(19)8-10-17/h3-11,13,22H,12H2,1-2H3/b4-3+. The van der Waals surface area contributed by atoms with Gasteiger partial charge in [0.2, 0.25) is 0 Å². The summed E-state index contributed by atoms with van der Waals surface area (Å²) in [5, 5.41) is 10.5. The van der Waals surface area contributed by atoms with E-state index < -0.39 is 16.1 Å². The molecule has 0 saturated heterocycles. The number of nitrogens with zero attached hydrogens (tertiary/aromatic N) is 1. The molecule has 2 aromatic rings. The van der Waals surface area contributed by atoms with E-state index in [-0.39, 0.29) is 11.5 Å². The van der Waals surface area contributed by atoms with Crippen molar-refractivity contribution in [3.05, 3.63) is 70.2 Å². The van der Waals surface area contributed by atoms with Crippen LogP contribution in [0.15, 0.2) is 59.5 Å². The summed E-state index contributed by atoms with van der Waals surface area (Å²) in [5.41, 5.74) is 0.814. The molecule has 0 amide bonds. The smallest absolute Gasteiger partial charge is 0.264 e. The fraction of sp³-hybridized carbons (Fsp3) is 0.222. The molecule has 0 fully saturated rings. The molecule has 1 N–H and O–H groups in total. The molecule has 2 rings (SSSR count). The van der Waals surface area contributed by atoms with Gasteiger partial charge in [0.15, 0.2) is 0 Å². The molecule has 0 heterocycles. The minimum atomic E-state index is -3.89. The zero-order valence-electron chi connectivity index (χ0n) is 13.9. The van der Waals surface area contributed by atoms with Crippen molar-refractivity contribution >= 4 is 38.9 Å². The van der Waals surface area contributed by atoms with Crippen molar-refractivity contribution in [2.24, 2.45) is 0 Å². The van der Waals surface area contributed by atoms with Crippen molar-refractivity contribution < 1.29 is 13.5 Å². The van der Waals surface area contributed by atoms with Gasteiger partial charge >= 0.3 is 0 Å². The van der Waals surface area contributed by atoms with Crippen LogP contribution in [0.2, 0.25) is 10.0 Å². The van der Waals surface area contributed by atoms with Crippen LogP contribution in [0.25, 0.3) is 0 Å². The molecule has 4 nitrogen and oxygen atoms in total. The van der Waals surface area contributed by atoms with Gasteiger partial charge in [-0.3, -0.25) is 4.31 Å². The summed E-state index contributed by atoms with van der Waals surface area (Å²) in [6.45, 7) is 3.27. The van der Waals surface area contributed by atoms with Gasteiger partial charge in [-0.2, -0.15) is 0 Å². The Labute approximate surface area is 158 Å². The van der Waals surface area contributed by atoms with Crippen LogP contribution in [0.5, 0.6) is 0 Å². The van der Waals surface area contributed by atoms with Gasteiger partial charge in [-0.05, 0) is 50.2 Å². The number of aliphatic hydroxyl groups is 1. The van der Waals surface area contributed by atoms with Crippen LogP contribution in [-0.4, -0.2) is 19.6 Å². The van der Waals surface area contributed by atoms with Crippen molar-refractivity contribution in [2.45, 2.75) is 31.4 Å². The van der Waals surface area contributed by atoms with Crippen LogP contribution in [0.3, 0.4) is 0 Å². The van der Waals surface area contributed by atoms with Gasteiger partial charge in [-0.25, -0.2) is 8.42 Å². The summed E-state index contributed by atoms with van der Waals surface area (Å²) < 4.78 is 27.8. The van der Waals surface area contributed by atoms with E-state index in [9.17, 15) is 13.5 Å². The molecule has 7 heteroatoms. The van der Waals surface area contributed by atoms with Crippen molar-refractivity contribution in [2.75, 3.05) is 4.31 Å². The van der Waals surface area contributed by atoms with Gasteiger partial charge in [0, 0.05) is 15.6 Å². The lowest BCUT2D eigenvalue weighted by atomic mass is 10.1. The molecule has 0 aliphatic heterocycles. The van der Waals surface area contributed by atoms with Crippen LogP contribution in [0, 0.1) is 0 Å². The first-order valence-corrected chi connectivity index (χ1v) is 9.83. The Bertz CT molecular complexity index is 864. The SMILES string of the molecule is C/C=C/C(C)N(c1cc(Cl)ccc1CO)S(=O)(=O)c1ccc(Cl)cc1. The number of hydrogen-bond acceptors (Lipinski definition) is 3. The molecule has 1 atom stereocenters. The van der Waals surface area contributed by atoms with Gasteiger partial charge in [0.05, 0.1) is 23.2 Å². The highest BCUT2D eigenvalue weighted by molar-refractivity contribution is 7.92. The van der Waals surface area contributed by atoms with Crippen LogP contribution in [-0.2, 0) is 16.6 Å². The second-order valence-electron chi connectivity index (χ2n) is 5.45. The Balaban J connectivity index is 2.69. The Morgan fingerprint density at radius 3 is 2.28 bits per heavy atom. The number of aliphatic hydroxyl groups excluding tert-OH is 1. The average Bonchev–Trinajstić information content (AvgIpc) is 2.55. The van der Waals surface area contributed by atoms with E-state index in [0.717, 1.165) is 0 Å². The maximum atomic E-state index is 13.3. The predicted molar refractivity (Wildman–Crippen MR) is 103 cm³/mol. The Morgan fingerprint density at radius 1 is 1.12 bits per heavy atom. The molecule has 0 bridgehead atoms. The first-order valence-electron chi connectivity index (χ1n) is 7.63. The van der Waals surface area contributed by atoms with E-state index in [4.69, 9.17) is 23.2 Å². The van der Waals surface area contributed by atoms with Gasteiger partial charge in [-0.15, -0.1) is 0 Å². The second-order valence-corrected chi connectivity index (χ2v) is 8.14. The maximum Gasteiger partial charge on any atom is 0.264 e. The Kier molecular flexibility index (Phi) is 6.52. The third-order valence-corrected chi connectivity index (χ3v) is 6.07. The Hall–Kier alpha value is -1.53. The van der Waals surface area contributed by atoms with Gasteiger partial charge in [0.25, 0.3) is 10.0 Å². The number of sulfonamides is 1. The average molecular weight is 400 g/mol. The molecule has 0 aliphatic carbocycles. The van der Waals surface area contributed by atoms with Crippen molar-refractivity contribution in [1.29, 1.82) is 0 Å². The molecule has 0 aromatic heterocycles. The van der Waals surface area contributed by atoms with Crippen molar-refractivity contribution in [1.82, 2.24) is 0 Å². The first kappa shape index (κ1) is 19.8. The fourth-order valence-electron chi connectivity index (χ4n) is 2.52. The number of rotatable bonds is 6. The largest absolute Gasteiger partial charge is 0.392 e. The zero-order valence-corrected chi connectivity index (χ0v) is 16.2. The highest BCUT2D eigenvalue weighted by Crippen LogP contribution is 2.32. The number of allylic oxidation sites excluding steroid dienone is 1. The fourth-order valence-corrected chi connectivity index (χ4v) is 4.46. The van der Waals surface area contributed by atoms with Crippen LogP contribution >= 0.6 is 23.2 Å². The second kappa shape index (κ2) is 8.23. The lowest BCUT2D eigenvalue weighted by molar-refractivity contribution is 0.282. The minimum absolute atomic E-state index is 0.108. The number of halogens is 2. The normalized spacial score (nSPS) is 13.2. The molecule has 1 unspecified atom stereocenters. The summed E-state index contributed by atoms with van der Waals surface area (Å²) in [6.07, 6.45) is 3.54. The molecule has 0 radical (unpaired) electrons. The molecular weight excluding hydrogens is 381 g/mol. The summed E-state index contributed by atoms with van der Waals surface area (Å²) in [6, 6.07) is 10.3. The van der Waals surface area contributed by atoms with Crippen LogP contribution < -0.4 is 4.31 Å². The van der Waals surface area contributed by atoms with E-state index in [2.05, 4.69) is 0 Å². The predicted octanol–water partition coefficient (Wildman–Crippen LogP) is 4.65. The molecule has 0 aliphatic rings. The molecular formula is C18H19Cl2NO3S. The summed E-state index contributed by atoms with van der Waals surface area (Å²) >= 11 is 11.9. The lowest BCUT2D eigenvalue weighted by Crippen LogP contribution is -2.38. The third-order valence-electron chi connectivity index (χ3n) is 3.67. The number of hydrogen-bond donors (Lipinski definition) is 1. The van der Waals surface area contributed by atoms with Crippen LogP contribution in [0.1, 0.15) is 19.4 Å². The van der Waals surface area contributed by atoms with Gasteiger partial charge in [0.1, 0.15) is 0 Å². The lowest BCUT2D eigenvalue weighted by Gasteiger charge is -2.30. The zero-order chi connectivity index (χ0) is 18.6. The maximum absolute atomic E-state index is 13.3. The Morgan fingerprint density at radius 2 is 1.72 bits per heavy atom. The minimum Gasteiger partial charge on any atom is -0.392 e. The van der Waals surface area contributed by atoms with Crippen molar-refractivity contribution in [3.63, 3.8) is 0 Å². The first-order chi connectivity index (χ1) is 11.8. The topological polar surface area (TPSA) is 57.6 Å². The molecule has 0 saturated carbocycles. The van der Waals surface area contributed by atoms with Gasteiger partial charge in [-0.1, -0.05) is 41.4 Å². The monoisotopic (exact) mass is 399 g/mol. The summed E-state index contributed by atoms with van der Waals surface area (Å²) in [7, 11) is -3.89. The van der Waals surface area contributed by atoms with Gasteiger partial charge < -0.3 is 5.11 Å². The van der Waals surface area contributed by atoms with Crippen LogP contribution in [0.4, 0.5) is 5.69 Å². The van der Waals surface area contributed by atoms with E-state index in [1.165, 1.54) is 28.6 Å². The van der Waals surface area contributed by atoms with Crippen molar-refractivity contribution in [3.8, 4) is 0 Å². The van der Waals surface area contributed by atoms with E-state index >= 15 is 0 Å². The number of benzene rings is 2. The quantitative estimate of drug-likeness (QED) is 0.719. The summed E-state index contributed by atoms with van der Waals surface area (Å²) in [4.78, 5) is 0.108. The highest BCUT2D eigenvalue weighted by Gasteiger charge is 2.30. The molecule has 0 spiro atoms. The van der Waals surface area contributed by atoms with E-state index in [1.54, 1.807) is 37.3 Å². The highest BCUT2D eigenvalue weighted by atomic mass is 35.5. The van der Waals surface area contributed by atoms with E-state index in [0.29, 0.717) is 21.3 Å².